The first-order chi connectivity index (χ1) is 7.67. The van der Waals surface area contributed by atoms with Gasteiger partial charge >= 0.3 is 5.97 Å². The van der Waals surface area contributed by atoms with Crippen molar-refractivity contribution >= 4 is 5.97 Å². The summed E-state index contributed by atoms with van der Waals surface area (Å²) in [6, 6.07) is 0.151. The third-order valence-electron chi connectivity index (χ3n) is 2.59. The lowest BCUT2D eigenvalue weighted by atomic mass is 10.0. The van der Waals surface area contributed by atoms with Gasteiger partial charge in [0, 0.05) is 25.7 Å². The van der Waals surface area contributed by atoms with Crippen LogP contribution in [0, 0.1) is 0 Å². The first-order valence-electron chi connectivity index (χ1n) is 6.01. The van der Waals surface area contributed by atoms with Gasteiger partial charge < -0.3 is 14.9 Å². The van der Waals surface area contributed by atoms with Crippen LogP contribution in [0.2, 0.25) is 0 Å². The van der Waals surface area contributed by atoms with E-state index in [4.69, 9.17) is 0 Å². The highest BCUT2D eigenvalue weighted by atomic mass is 16.4. The molecule has 17 heavy (non-hydrogen) atoms. The number of carboxylic acid groups (broad SMARTS) is 1. The third kappa shape index (κ3) is 6.61. The minimum atomic E-state index is -0.894. The van der Waals surface area contributed by atoms with Crippen LogP contribution in [0.4, 0.5) is 0 Å². The van der Waals surface area contributed by atoms with Crippen LogP contribution in [0.15, 0.2) is 0 Å². The summed E-state index contributed by atoms with van der Waals surface area (Å²) in [4.78, 5) is 15.5. The lowest BCUT2D eigenvalue weighted by Crippen LogP contribution is -2.58. The third-order valence-corrected chi connectivity index (χ3v) is 2.59. The van der Waals surface area contributed by atoms with Crippen LogP contribution in [0.25, 0.3) is 0 Å². The second-order valence-corrected chi connectivity index (χ2v) is 5.48. The SMILES string of the molecule is CC(C)NC(C)(CN(C)CCN(C)C)C(=O)O. The number of carbonyl (C=O) groups is 1. The Labute approximate surface area is 105 Å². The van der Waals surface area contributed by atoms with E-state index in [1.165, 1.54) is 0 Å². The predicted octanol–water partition coefficient (Wildman–Crippen LogP) is 0.321. The first-order valence-corrected chi connectivity index (χ1v) is 6.01. The number of nitrogens with zero attached hydrogens (tertiary/aromatic N) is 2. The van der Waals surface area contributed by atoms with Crippen molar-refractivity contribution in [3.63, 3.8) is 0 Å². The van der Waals surface area contributed by atoms with E-state index in [0.717, 1.165) is 13.1 Å². The van der Waals surface area contributed by atoms with Crippen molar-refractivity contribution in [1.29, 1.82) is 0 Å². The van der Waals surface area contributed by atoms with Crippen LogP contribution in [-0.4, -0.2) is 73.2 Å². The van der Waals surface area contributed by atoms with Crippen LogP contribution < -0.4 is 5.32 Å². The van der Waals surface area contributed by atoms with Gasteiger partial charge in [-0.15, -0.1) is 0 Å². The molecule has 0 radical (unpaired) electrons. The quantitative estimate of drug-likeness (QED) is 0.645. The Bertz CT molecular complexity index is 244. The first kappa shape index (κ1) is 16.4. The summed E-state index contributed by atoms with van der Waals surface area (Å²) in [7, 11) is 5.97. The monoisotopic (exact) mass is 245 g/mol. The Morgan fingerprint density at radius 3 is 2.18 bits per heavy atom. The summed E-state index contributed by atoms with van der Waals surface area (Å²) in [6.45, 7) is 7.93. The molecule has 0 saturated heterocycles. The highest BCUT2D eigenvalue weighted by Gasteiger charge is 2.34. The van der Waals surface area contributed by atoms with Crippen LogP contribution in [-0.2, 0) is 4.79 Å². The fourth-order valence-corrected chi connectivity index (χ4v) is 1.80. The molecule has 0 aliphatic carbocycles. The topological polar surface area (TPSA) is 55.8 Å². The lowest BCUT2D eigenvalue weighted by Gasteiger charge is -2.33. The van der Waals surface area contributed by atoms with Crippen LogP contribution in [0.5, 0.6) is 0 Å². The smallest absolute Gasteiger partial charge is 0.324 e. The zero-order valence-corrected chi connectivity index (χ0v) is 11.9. The molecule has 0 aromatic heterocycles. The molecule has 0 bridgehead atoms. The van der Waals surface area contributed by atoms with E-state index in [-0.39, 0.29) is 6.04 Å². The van der Waals surface area contributed by atoms with Crippen molar-refractivity contribution in [2.75, 3.05) is 40.8 Å². The van der Waals surface area contributed by atoms with E-state index < -0.39 is 11.5 Å². The molecule has 2 N–H and O–H groups in total. The Morgan fingerprint density at radius 1 is 1.29 bits per heavy atom. The van der Waals surface area contributed by atoms with E-state index in [0.29, 0.717) is 6.54 Å². The molecule has 5 nitrogen and oxygen atoms in total. The second kappa shape index (κ2) is 6.93. The van der Waals surface area contributed by atoms with Gasteiger partial charge in [-0.25, -0.2) is 0 Å². The minimum absolute atomic E-state index is 0.151. The number of nitrogens with one attached hydrogen (secondary N) is 1. The largest absolute Gasteiger partial charge is 0.480 e. The molecule has 0 aliphatic rings. The zero-order valence-electron chi connectivity index (χ0n) is 11.9. The number of aliphatic carboxylic acids is 1. The van der Waals surface area contributed by atoms with E-state index in [2.05, 4.69) is 10.2 Å². The Balaban J connectivity index is 4.38. The summed E-state index contributed by atoms with van der Waals surface area (Å²) >= 11 is 0. The Kier molecular flexibility index (Phi) is 6.67. The summed E-state index contributed by atoms with van der Waals surface area (Å²) in [5.74, 6) is -0.803. The van der Waals surface area contributed by atoms with Crippen molar-refractivity contribution in [3.05, 3.63) is 0 Å². The summed E-state index contributed by atoms with van der Waals surface area (Å²) in [5.41, 5.74) is -0.894. The van der Waals surface area contributed by atoms with E-state index in [9.17, 15) is 9.90 Å². The zero-order chi connectivity index (χ0) is 13.6. The molecule has 0 spiro atoms. The van der Waals surface area contributed by atoms with Crippen molar-refractivity contribution in [2.24, 2.45) is 0 Å². The normalized spacial score (nSPS) is 15.6. The molecule has 0 saturated carbocycles. The molecule has 0 amide bonds. The molecular weight excluding hydrogens is 218 g/mol. The molecule has 1 atom stereocenters. The Hall–Kier alpha value is -0.650. The number of hydrogen-bond donors (Lipinski definition) is 2. The Morgan fingerprint density at radius 2 is 1.82 bits per heavy atom. The molecule has 102 valence electrons. The van der Waals surface area contributed by atoms with E-state index >= 15 is 0 Å². The van der Waals surface area contributed by atoms with Gasteiger partial charge in [0.2, 0.25) is 0 Å². The van der Waals surface area contributed by atoms with E-state index in [1.807, 2.05) is 39.9 Å². The summed E-state index contributed by atoms with van der Waals surface area (Å²) in [6.07, 6.45) is 0. The number of carboxylic acids is 1. The summed E-state index contributed by atoms with van der Waals surface area (Å²) < 4.78 is 0. The molecular formula is C12H27N3O2. The predicted molar refractivity (Wildman–Crippen MR) is 70.4 cm³/mol. The van der Waals surface area contributed by atoms with Crippen LogP contribution >= 0.6 is 0 Å². The molecule has 0 aromatic rings. The lowest BCUT2D eigenvalue weighted by molar-refractivity contribution is -0.145. The number of rotatable bonds is 8. The fourth-order valence-electron chi connectivity index (χ4n) is 1.80. The van der Waals surface area contributed by atoms with Gasteiger partial charge in [0.05, 0.1) is 0 Å². The van der Waals surface area contributed by atoms with Crippen molar-refractivity contribution in [1.82, 2.24) is 15.1 Å². The van der Waals surface area contributed by atoms with E-state index in [1.54, 1.807) is 6.92 Å². The van der Waals surface area contributed by atoms with Gasteiger partial charge in [0.15, 0.2) is 0 Å². The number of hydrogen-bond acceptors (Lipinski definition) is 4. The van der Waals surface area contributed by atoms with Crippen molar-refractivity contribution < 1.29 is 9.90 Å². The highest BCUT2D eigenvalue weighted by molar-refractivity contribution is 5.78. The van der Waals surface area contributed by atoms with Gasteiger partial charge in [-0.3, -0.25) is 10.1 Å². The van der Waals surface area contributed by atoms with Gasteiger partial charge in [-0.1, -0.05) is 0 Å². The minimum Gasteiger partial charge on any atom is -0.480 e. The molecule has 0 fully saturated rings. The highest BCUT2D eigenvalue weighted by Crippen LogP contribution is 2.08. The maximum absolute atomic E-state index is 11.3. The molecule has 5 heteroatoms. The van der Waals surface area contributed by atoms with Crippen LogP contribution in [0.3, 0.4) is 0 Å². The van der Waals surface area contributed by atoms with Gasteiger partial charge in [-0.05, 0) is 41.9 Å². The molecule has 0 rings (SSSR count). The molecule has 0 heterocycles. The maximum atomic E-state index is 11.3. The standard InChI is InChI=1S/C12H27N3O2/c1-10(2)13-12(3,11(16)17)9-15(6)8-7-14(4)5/h10,13H,7-9H2,1-6H3,(H,16,17). The van der Waals surface area contributed by atoms with Gasteiger partial charge in [-0.2, -0.15) is 0 Å². The average Bonchev–Trinajstić information content (AvgIpc) is 2.12. The number of likely N-dealkylation sites (N-methyl/N-ethyl adjacent to an activating group) is 2. The van der Waals surface area contributed by atoms with Gasteiger partial charge in [0.25, 0.3) is 0 Å². The maximum Gasteiger partial charge on any atom is 0.324 e. The van der Waals surface area contributed by atoms with Crippen molar-refractivity contribution in [3.8, 4) is 0 Å². The second-order valence-electron chi connectivity index (χ2n) is 5.48. The summed E-state index contributed by atoms with van der Waals surface area (Å²) in [5, 5.41) is 12.4. The van der Waals surface area contributed by atoms with Crippen LogP contribution in [0.1, 0.15) is 20.8 Å². The van der Waals surface area contributed by atoms with Gasteiger partial charge in [0.1, 0.15) is 5.54 Å². The molecule has 0 aliphatic heterocycles. The fraction of sp³-hybridized carbons (Fsp3) is 0.917. The van der Waals surface area contributed by atoms with Crippen molar-refractivity contribution in [2.45, 2.75) is 32.4 Å². The molecule has 0 aromatic carbocycles. The molecule has 1 unspecified atom stereocenters. The average molecular weight is 245 g/mol.